The van der Waals surface area contributed by atoms with Gasteiger partial charge >= 0.3 is 0 Å². The number of benzene rings is 2. The first kappa shape index (κ1) is 31.3. The smallest absolute Gasteiger partial charge is 0.258 e. The molecule has 11 heteroatoms. The summed E-state index contributed by atoms with van der Waals surface area (Å²) in [6.45, 7) is 8.90. The van der Waals surface area contributed by atoms with E-state index < -0.39 is 17.1 Å². The Bertz CT molecular complexity index is 2080. The number of fused-ring (bicyclic) bond motifs is 1. The molecule has 2 aromatic carbocycles. The third kappa shape index (κ3) is 6.67. The van der Waals surface area contributed by atoms with Gasteiger partial charge in [0, 0.05) is 62.6 Å². The Morgan fingerprint density at radius 2 is 1.81 bits per heavy atom. The van der Waals surface area contributed by atoms with Gasteiger partial charge in [-0.3, -0.25) is 13.9 Å². The highest BCUT2D eigenvalue weighted by Crippen LogP contribution is 2.31. The number of halogens is 1. The number of carbonyl (C=O) groups is 1. The molecule has 10 nitrogen and oxygen atoms in total. The first-order valence-corrected chi connectivity index (χ1v) is 15.4. The fourth-order valence-corrected chi connectivity index (χ4v) is 5.51. The highest BCUT2D eigenvalue weighted by atomic mass is 19.1. The zero-order valence-corrected chi connectivity index (χ0v) is 27.1. The highest BCUT2D eigenvalue weighted by Gasteiger charge is 2.24. The molecule has 0 saturated carbocycles. The Morgan fingerprint density at radius 1 is 1.02 bits per heavy atom. The topological polar surface area (TPSA) is 107 Å². The van der Waals surface area contributed by atoms with E-state index in [9.17, 15) is 10.1 Å². The molecular formula is C36H36FN9O. The molecule has 1 saturated heterocycles. The number of nitrogens with one attached hydrogen (secondary N) is 2. The number of carbonyl (C=O) groups excluding carboxylic acids is 1. The lowest BCUT2D eigenvalue weighted by atomic mass is 9.85. The predicted molar refractivity (Wildman–Crippen MR) is 182 cm³/mol. The number of imidazole rings is 1. The van der Waals surface area contributed by atoms with Crippen LogP contribution in [0.15, 0.2) is 67.3 Å². The van der Waals surface area contributed by atoms with Crippen molar-refractivity contribution in [3.63, 3.8) is 0 Å². The Kier molecular flexibility index (Phi) is 8.42. The van der Waals surface area contributed by atoms with Crippen LogP contribution in [0.5, 0.6) is 0 Å². The Balaban J connectivity index is 1.28. The number of aromatic nitrogens is 4. The zero-order chi connectivity index (χ0) is 33.3. The summed E-state index contributed by atoms with van der Waals surface area (Å²) < 4.78 is 18.8. The van der Waals surface area contributed by atoms with E-state index in [-0.39, 0.29) is 5.56 Å². The Hall–Kier alpha value is -5.65. The van der Waals surface area contributed by atoms with E-state index >= 15 is 4.39 Å². The van der Waals surface area contributed by atoms with Gasteiger partial charge in [-0.2, -0.15) is 10.4 Å². The number of amides is 1. The second-order valence-electron chi connectivity index (χ2n) is 12.4. The number of rotatable bonds is 6. The number of aryl methyl sites for hydroxylation is 2. The van der Waals surface area contributed by atoms with Crippen molar-refractivity contribution in [1.29, 1.82) is 5.26 Å². The molecule has 0 aliphatic carbocycles. The van der Waals surface area contributed by atoms with Crippen molar-refractivity contribution in [1.82, 2.24) is 24.1 Å². The molecule has 238 valence electrons. The van der Waals surface area contributed by atoms with Crippen LogP contribution >= 0.6 is 0 Å². The summed E-state index contributed by atoms with van der Waals surface area (Å²) in [7, 11) is 3.94. The number of hydrogen-bond acceptors (Lipinski definition) is 7. The van der Waals surface area contributed by atoms with Gasteiger partial charge in [-0.15, -0.1) is 0 Å². The maximum absolute atomic E-state index is 15.3. The van der Waals surface area contributed by atoms with Crippen LogP contribution in [0.2, 0.25) is 0 Å². The number of anilines is 4. The van der Waals surface area contributed by atoms with Gasteiger partial charge in [-0.25, -0.2) is 9.37 Å². The van der Waals surface area contributed by atoms with Gasteiger partial charge in [0.05, 0.1) is 40.8 Å². The summed E-state index contributed by atoms with van der Waals surface area (Å²) in [6.07, 6.45) is 7.15. The van der Waals surface area contributed by atoms with Gasteiger partial charge in [-0.05, 0) is 87.3 Å². The van der Waals surface area contributed by atoms with Crippen molar-refractivity contribution < 1.29 is 9.18 Å². The molecule has 1 aliphatic rings. The standard InChI is InChI=1S/C36H36FN9O/c1-24-15-32(37)31(35(47)42-27-17-26(36(2,3)23-38)18-30(19-27)45-13-11-43(4)12-14-45)16-25(24)8-9-29-21-39-34-33(7-6-10-46(29)34)41-28-20-40-44(5)22-28/h6-7,10,15-22,41H,11-14H2,1-5H3,(H,42,47). The van der Waals surface area contributed by atoms with Crippen LogP contribution in [-0.4, -0.2) is 63.2 Å². The van der Waals surface area contributed by atoms with E-state index in [1.54, 1.807) is 30.1 Å². The number of nitriles is 1. The van der Waals surface area contributed by atoms with Crippen LogP contribution in [-0.2, 0) is 12.5 Å². The molecule has 1 aliphatic heterocycles. The average molecular weight is 630 g/mol. The Morgan fingerprint density at radius 3 is 2.53 bits per heavy atom. The van der Waals surface area contributed by atoms with Crippen LogP contribution in [0.1, 0.15) is 46.6 Å². The second-order valence-corrected chi connectivity index (χ2v) is 12.4. The number of pyridine rings is 1. The molecule has 5 aromatic rings. The average Bonchev–Trinajstić information content (AvgIpc) is 3.66. The first-order chi connectivity index (χ1) is 22.5. The summed E-state index contributed by atoms with van der Waals surface area (Å²) in [4.78, 5) is 22.6. The van der Waals surface area contributed by atoms with Crippen molar-refractivity contribution in [2.45, 2.75) is 26.2 Å². The minimum Gasteiger partial charge on any atom is -0.369 e. The maximum atomic E-state index is 15.3. The van der Waals surface area contributed by atoms with Crippen molar-refractivity contribution >= 4 is 34.3 Å². The molecule has 3 aromatic heterocycles. The van der Waals surface area contributed by atoms with Gasteiger partial charge in [0.1, 0.15) is 11.5 Å². The zero-order valence-electron chi connectivity index (χ0n) is 27.1. The van der Waals surface area contributed by atoms with Gasteiger partial charge in [0.2, 0.25) is 0 Å². The molecule has 0 atom stereocenters. The predicted octanol–water partition coefficient (Wildman–Crippen LogP) is 5.46. The van der Waals surface area contributed by atoms with Gasteiger partial charge in [0.25, 0.3) is 5.91 Å². The second kappa shape index (κ2) is 12.6. The monoisotopic (exact) mass is 629 g/mol. The lowest BCUT2D eigenvalue weighted by molar-refractivity contribution is 0.102. The fraction of sp³-hybridized carbons (Fsp3) is 0.278. The Labute approximate surface area is 273 Å². The van der Waals surface area contributed by atoms with E-state index in [1.807, 2.05) is 62.0 Å². The molecule has 4 heterocycles. The first-order valence-electron chi connectivity index (χ1n) is 15.4. The summed E-state index contributed by atoms with van der Waals surface area (Å²) in [5, 5.41) is 20.3. The van der Waals surface area contributed by atoms with E-state index in [2.05, 4.69) is 55.5 Å². The molecule has 6 rings (SSSR count). The summed E-state index contributed by atoms with van der Waals surface area (Å²) >= 11 is 0. The minimum absolute atomic E-state index is 0.118. The maximum Gasteiger partial charge on any atom is 0.258 e. The largest absolute Gasteiger partial charge is 0.369 e. The van der Waals surface area contributed by atoms with E-state index in [1.165, 1.54) is 12.1 Å². The number of nitrogens with zero attached hydrogens (tertiary/aromatic N) is 7. The molecule has 0 radical (unpaired) electrons. The third-order valence-electron chi connectivity index (χ3n) is 8.45. The molecular weight excluding hydrogens is 593 g/mol. The highest BCUT2D eigenvalue weighted by molar-refractivity contribution is 6.05. The normalized spacial score (nSPS) is 13.6. The number of piperazine rings is 1. The molecule has 1 fully saturated rings. The van der Waals surface area contributed by atoms with Crippen LogP contribution in [0, 0.1) is 35.9 Å². The molecule has 0 spiro atoms. The SMILES string of the molecule is Cc1cc(F)c(C(=O)Nc2cc(N3CCN(C)CC3)cc(C(C)(C)C#N)c2)cc1C#Cc1cnc2c(Nc3cnn(C)c3)cccn12. The molecule has 47 heavy (non-hydrogen) atoms. The van der Waals surface area contributed by atoms with Crippen LogP contribution in [0.25, 0.3) is 5.65 Å². The lowest BCUT2D eigenvalue weighted by Gasteiger charge is -2.35. The van der Waals surface area contributed by atoms with E-state index in [4.69, 9.17) is 0 Å². The van der Waals surface area contributed by atoms with Crippen molar-refractivity contribution in [3.05, 3.63) is 101 Å². The fourth-order valence-electron chi connectivity index (χ4n) is 5.51. The summed E-state index contributed by atoms with van der Waals surface area (Å²) in [6, 6.07) is 14.7. The van der Waals surface area contributed by atoms with Crippen molar-refractivity contribution in [3.8, 4) is 17.9 Å². The van der Waals surface area contributed by atoms with Crippen molar-refractivity contribution in [2.75, 3.05) is 48.8 Å². The van der Waals surface area contributed by atoms with Crippen molar-refractivity contribution in [2.24, 2.45) is 7.05 Å². The number of likely N-dealkylation sites (N-methyl/N-ethyl adjacent to an activating group) is 1. The third-order valence-corrected chi connectivity index (χ3v) is 8.45. The molecule has 1 amide bonds. The molecule has 2 N–H and O–H groups in total. The van der Waals surface area contributed by atoms with Crippen LogP contribution in [0.4, 0.5) is 27.1 Å². The summed E-state index contributed by atoms with van der Waals surface area (Å²) in [5.74, 6) is 5.03. The van der Waals surface area contributed by atoms with E-state index in [0.717, 1.165) is 48.8 Å². The lowest BCUT2D eigenvalue weighted by Crippen LogP contribution is -2.44. The molecule has 0 unspecified atom stereocenters. The molecule has 0 bridgehead atoms. The summed E-state index contributed by atoms with van der Waals surface area (Å²) in [5.41, 5.74) is 5.36. The van der Waals surface area contributed by atoms with Gasteiger partial charge in [-0.1, -0.05) is 5.92 Å². The van der Waals surface area contributed by atoms with Crippen LogP contribution < -0.4 is 15.5 Å². The van der Waals surface area contributed by atoms with Gasteiger partial charge in [0.15, 0.2) is 5.65 Å². The van der Waals surface area contributed by atoms with Gasteiger partial charge < -0.3 is 20.4 Å². The van der Waals surface area contributed by atoms with Crippen LogP contribution in [0.3, 0.4) is 0 Å². The quantitative estimate of drug-likeness (QED) is 0.240. The van der Waals surface area contributed by atoms with E-state index in [0.29, 0.717) is 28.2 Å². The number of hydrogen-bond donors (Lipinski definition) is 2. The minimum atomic E-state index is -0.784.